The van der Waals surface area contributed by atoms with Crippen LogP contribution in [-0.4, -0.2) is 0 Å². The van der Waals surface area contributed by atoms with E-state index in [1.54, 1.807) is 0 Å². The van der Waals surface area contributed by atoms with Crippen molar-refractivity contribution in [1.29, 1.82) is 0 Å². The highest BCUT2D eigenvalue weighted by Crippen LogP contribution is 2.50. The second-order valence-electron chi connectivity index (χ2n) is 14.9. The summed E-state index contributed by atoms with van der Waals surface area (Å²) in [5, 5.41) is 7.49. The second-order valence-corrected chi connectivity index (χ2v) is 15.9. The Labute approximate surface area is 342 Å². The van der Waals surface area contributed by atoms with E-state index in [9.17, 15) is 0 Å². The predicted molar refractivity (Wildman–Crippen MR) is 251 cm³/mol. The van der Waals surface area contributed by atoms with Crippen molar-refractivity contribution in [2.24, 2.45) is 0 Å². The Morgan fingerprint density at radius 3 is 1.55 bits per heavy atom. The van der Waals surface area contributed by atoms with Crippen LogP contribution in [-0.2, 0) is 0 Å². The number of nitrogens with zero attached hydrogens (tertiary/aromatic N) is 1. The van der Waals surface area contributed by atoms with Gasteiger partial charge in [-0.3, -0.25) is 0 Å². The first-order valence-electron chi connectivity index (χ1n) is 19.8. The highest BCUT2D eigenvalue weighted by Gasteiger charge is 2.23. The third kappa shape index (κ3) is 5.94. The minimum Gasteiger partial charge on any atom is -0.310 e. The first kappa shape index (κ1) is 34.0. The fraction of sp³-hybridized carbons (Fsp3) is 0. The van der Waals surface area contributed by atoms with E-state index < -0.39 is 0 Å². The number of benzene rings is 10. The highest BCUT2D eigenvalue weighted by molar-refractivity contribution is 7.26. The number of fused-ring (bicyclic) bond motifs is 6. The molecule has 0 spiro atoms. The van der Waals surface area contributed by atoms with Gasteiger partial charge in [-0.25, -0.2) is 0 Å². The number of thiophene rings is 1. The molecule has 0 aliphatic rings. The molecule has 1 nitrogen and oxygen atoms in total. The van der Waals surface area contributed by atoms with Crippen LogP contribution in [0.25, 0.3) is 86.2 Å². The van der Waals surface area contributed by atoms with Crippen LogP contribution in [0.3, 0.4) is 0 Å². The Balaban J connectivity index is 1.18. The molecule has 272 valence electrons. The monoisotopic (exact) mass is 755 g/mol. The predicted octanol–water partition coefficient (Wildman–Crippen LogP) is 16.5. The summed E-state index contributed by atoms with van der Waals surface area (Å²) in [5.41, 5.74) is 13.1. The molecule has 0 amide bonds. The quantitative estimate of drug-likeness (QED) is 0.146. The number of hydrogen-bond acceptors (Lipinski definition) is 2. The van der Waals surface area contributed by atoms with Gasteiger partial charge in [0.05, 0.1) is 5.69 Å². The van der Waals surface area contributed by atoms with E-state index in [2.05, 4.69) is 229 Å². The second kappa shape index (κ2) is 14.4. The molecule has 0 bridgehead atoms. The van der Waals surface area contributed by atoms with Crippen molar-refractivity contribution in [2.75, 3.05) is 4.90 Å². The molecule has 0 saturated carbocycles. The van der Waals surface area contributed by atoms with Crippen molar-refractivity contribution in [3.05, 3.63) is 224 Å². The van der Waals surface area contributed by atoms with Gasteiger partial charge < -0.3 is 4.90 Å². The molecule has 0 atom stereocenters. The largest absolute Gasteiger partial charge is 0.310 e. The van der Waals surface area contributed by atoms with Gasteiger partial charge in [0.25, 0.3) is 0 Å². The zero-order valence-corrected chi connectivity index (χ0v) is 32.5. The van der Waals surface area contributed by atoms with E-state index in [4.69, 9.17) is 0 Å². The summed E-state index contributed by atoms with van der Waals surface area (Å²) >= 11 is 1.88. The van der Waals surface area contributed by atoms with Crippen LogP contribution >= 0.6 is 11.3 Å². The summed E-state index contributed by atoms with van der Waals surface area (Å²) < 4.78 is 2.56. The lowest BCUT2D eigenvalue weighted by molar-refractivity contribution is 1.31. The molecule has 0 unspecified atom stereocenters. The maximum absolute atomic E-state index is 2.49. The molecule has 10 aromatic carbocycles. The molecular weight excluding hydrogens is 719 g/mol. The van der Waals surface area contributed by atoms with E-state index in [0.717, 1.165) is 17.1 Å². The number of hydrogen-bond donors (Lipinski definition) is 0. The van der Waals surface area contributed by atoms with E-state index in [1.807, 2.05) is 11.3 Å². The van der Waals surface area contributed by atoms with Gasteiger partial charge in [-0.15, -0.1) is 11.3 Å². The third-order valence-electron chi connectivity index (χ3n) is 11.5. The molecule has 2 heteroatoms. The third-order valence-corrected chi connectivity index (χ3v) is 12.7. The fourth-order valence-corrected chi connectivity index (χ4v) is 9.91. The molecule has 0 radical (unpaired) electrons. The number of anilines is 3. The van der Waals surface area contributed by atoms with Gasteiger partial charge in [0, 0.05) is 31.5 Å². The minimum atomic E-state index is 1.11. The van der Waals surface area contributed by atoms with Crippen LogP contribution < -0.4 is 4.90 Å². The summed E-state index contributed by atoms with van der Waals surface area (Å²) in [4.78, 5) is 2.49. The van der Waals surface area contributed by atoms with E-state index in [-0.39, 0.29) is 0 Å². The topological polar surface area (TPSA) is 3.24 Å². The van der Waals surface area contributed by atoms with Gasteiger partial charge in [0.15, 0.2) is 0 Å². The van der Waals surface area contributed by atoms with Crippen molar-refractivity contribution in [1.82, 2.24) is 0 Å². The van der Waals surface area contributed by atoms with Crippen LogP contribution in [0.2, 0.25) is 0 Å². The maximum Gasteiger partial charge on any atom is 0.0555 e. The van der Waals surface area contributed by atoms with Crippen LogP contribution in [0.4, 0.5) is 17.1 Å². The summed E-state index contributed by atoms with van der Waals surface area (Å²) in [5.74, 6) is 0. The van der Waals surface area contributed by atoms with Gasteiger partial charge in [0.1, 0.15) is 0 Å². The molecule has 1 heterocycles. The zero-order chi connectivity index (χ0) is 38.4. The molecule has 58 heavy (non-hydrogen) atoms. The molecule has 0 fully saturated rings. The lowest BCUT2D eigenvalue weighted by Gasteiger charge is -2.28. The van der Waals surface area contributed by atoms with Crippen molar-refractivity contribution in [3.63, 3.8) is 0 Å². The lowest BCUT2D eigenvalue weighted by Crippen LogP contribution is -2.11. The van der Waals surface area contributed by atoms with Crippen LogP contribution in [0.1, 0.15) is 0 Å². The average molecular weight is 756 g/mol. The zero-order valence-electron chi connectivity index (χ0n) is 31.7. The SMILES string of the molecule is c1ccc(-c2ccc(-c3ccc(N(c4ccc(-c5ccccc5)c(-c5ccccc5)c4)c4ccc5ccc6ccccc6c5c4)c4c3sc3ccccc34)cc2)cc1. The van der Waals surface area contributed by atoms with Gasteiger partial charge in [-0.1, -0.05) is 188 Å². The van der Waals surface area contributed by atoms with Gasteiger partial charge in [0.2, 0.25) is 0 Å². The van der Waals surface area contributed by atoms with E-state index >= 15 is 0 Å². The first-order valence-corrected chi connectivity index (χ1v) is 20.7. The Bertz CT molecular complexity index is 3260. The standard InChI is InChI=1S/C56H37NS/c1-4-14-38(15-5-1)39-24-26-43(27-25-39)49-34-35-53(55-50-22-12-13-23-54(50)58-56(49)55)57(45-31-30-44-29-28-42-20-10-11-21-47(42)52(44)36-45)46-32-33-48(40-16-6-2-7-17-40)51(37-46)41-18-8-3-9-19-41/h1-37H. The summed E-state index contributed by atoms with van der Waals surface area (Å²) in [7, 11) is 0. The normalized spacial score (nSPS) is 11.4. The Hall–Kier alpha value is -7.26. The van der Waals surface area contributed by atoms with Gasteiger partial charge in [-0.05, 0) is 102 Å². The van der Waals surface area contributed by atoms with Crippen LogP contribution in [0.5, 0.6) is 0 Å². The van der Waals surface area contributed by atoms with E-state index in [0.29, 0.717) is 0 Å². The van der Waals surface area contributed by atoms with Crippen molar-refractivity contribution < 1.29 is 0 Å². The molecule has 1 aromatic heterocycles. The maximum atomic E-state index is 2.49. The first-order chi connectivity index (χ1) is 28.8. The summed E-state index contributed by atoms with van der Waals surface area (Å²) in [6.45, 7) is 0. The molecule has 0 aliphatic heterocycles. The Morgan fingerprint density at radius 2 is 0.810 bits per heavy atom. The van der Waals surface area contributed by atoms with Crippen molar-refractivity contribution >= 4 is 70.1 Å². The number of rotatable bonds is 7. The smallest absolute Gasteiger partial charge is 0.0555 e. The van der Waals surface area contributed by atoms with Crippen molar-refractivity contribution in [3.8, 4) is 44.5 Å². The molecule has 11 aromatic rings. The van der Waals surface area contributed by atoms with Gasteiger partial charge in [-0.2, -0.15) is 0 Å². The lowest BCUT2D eigenvalue weighted by atomic mass is 9.93. The molecule has 11 rings (SSSR count). The highest BCUT2D eigenvalue weighted by atomic mass is 32.1. The van der Waals surface area contributed by atoms with E-state index in [1.165, 1.54) is 86.2 Å². The molecule has 0 saturated heterocycles. The molecule has 0 N–H and O–H groups in total. The Kier molecular flexibility index (Phi) is 8.42. The molecule has 0 aliphatic carbocycles. The van der Waals surface area contributed by atoms with Crippen LogP contribution in [0.15, 0.2) is 224 Å². The molecular formula is C56H37NS. The van der Waals surface area contributed by atoms with Crippen molar-refractivity contribution in [2.45, 2.75) is 0 Å². The summed E-state index contributed by atoms with van der Waals surface area (Å²) in [6, 6.07) is 82.0. The van der Waals surface area contributed by atoms with Gasteiger partial charge >= 0.3 is 0 Å². The Morgan fingerprint density at radius 1 is 0.310 bits per heavy atom. The summed E-state index contributed by atoms with van der Waals surface area (Å²) in [6.07, 6.45) is 0. The van der Waals surface area contributed by atoms with Crippen LogP contribution in [0, 0.1) is 0 Å². The minimum absolute atomic E-state index is 1.11. The fourth-order valence-electron chi connectivity index (χ4n) is 8.65. The average Bonchev–Trinajstić information content (AvgIpc) is 3.70.